The van der Waals surface area contributed by atoms with Crippen LogP contribution in [-0.2, 0) is 9.59 Å². The number of nitrogens with zero attached hydrogens (tertiary/aromatic N) is 5. The van der Waals surface area contributed by atoms with Crippen LogP contribution < -0.4 is 15.8 Å². The molecule has 2 aromatic rings. The van der Waals surface area contributed by atoms with Gasteiger partial charge in [-0.3, -0.25) is 30.6 Å². The van der Waals surface area contributed by atoms with Gasteiger partial charge >= 0.3 is 0 Å². The quantitative estimate of drug-likeness (QED) is 0.267. The molecule has 35 heavy (non-hydrogen) atoms. The lowest BCUT2D eigenvalue weighted by Gasteiger charge is -2.23. The minimum Gasteiger partial charge on any atom is -0.353 e. The zero-order valence-electron chi connectivity index (χ0n) is 19.9. The van der Waals surface area contributed by atoms with Crippen LogP contribution in [0.4, 0.5) is 16.0 Å². The Morgan fingerprint density at radius 2 is 2.14 bits per heavy atom. The van der Waals surface area contributed by atoms with Gasteiger partial charge in [-0.15, -0.1) is 0 Å². The average Bonchev–Trinajstić information content (AvgIpc) is 3.56. The van der Waals surface area contributed by atoms with Gasteiger partial charge in [-0.2, -0.15) is 4.39 Å². The third-order valence-electron chi connectivity index (χ3n) is 6.89. The van der Waals surface area contributed by atoms with Gasteiger partial charge in [0.15, 0.2) is 11.6 Å². The van der Waals surface area contributed by atoms with Crippen molar-refractivity contribution < 1.29 is 19.2 Å². The molecule has 1 saturated carbocycles. The lowest BCUT2D eigenvalue weighted by atomic mass is 9.92. The van der Waals surface area contributed by atoms with Crippen LogP contribution in [0.2, 0.25) is 0 Å². The molecule has 188 valence electrons. The van der Waals surface area contributed by atoms with Crippen molar-refractivity contribution >= 4 is 24.0 Å². The molecule has 0 spiro atoms. The van der Waals surface area contributed by atoms with Crippen LogP contribution in [0.25, 0.3) is 0 Å². The first-order valence-corrected chi connectivity index (χ1v) is 12.1. The summed E-state index contributed by atoms with van der Waals surface area (Å²) in [6.07, 6.45) is 9.48. The van der Waals surface area contributed by atoms with Gasteiger partial charge in [0.1, 0.15) is 5.82 Å². The Hall–Kier alpha value is -3.34. The Morgan fingerprint density at radius 3 is 2.86 bits per heavy atom. The number of carbonyl (C=O) groups excluding carboxylic acids is 2. The second kappa shape index (κ2) is 11.4. The molecule has 1 aliphatic carbocycles. The maximum Gasteiger partial charge on any atom is 0.243 e. The Kier molecular flexibility index (Phi) is 8.06. The van der Waals surface area contributed by atoms with E-state index in [2.05, 4.69) is 25.8 Å². The first-order valence-electron chi connectivity index (χ1n) is 12.1. The maximum atomic E-state index is 15.4. The summed E-state index contributed by atoms with van der Waals surface area (Å²) in [7, 11) is 0. The molecule has 1 saturated heterocycles. The van der Waals surface area contributed by atoms with Gasteiger partial charge < -0.3 is 4.90 Å². The van der Waals surface area contributed by atoms with Crippen molar-refractivity contribution in [3.8, 4) is 0 Å². The molecule has 1 unspecified atom stereocenters. The maximum absolute atomic E-state index is 15.4. The van der Waals surface area contributed by atoms with E-state index in [1.165, 1.54) is 0 Å². The first kappa shape index (κ1) is 24.8. The average molecular weight is 486 g/mol. The molecule has 11 heteroatoms. The summed E-state index contributed by atoms with van der Waals surface area (Å²) in [5.41, 5.74) is 6.23. The summed E-state index contributed by atoms with van der Waals surface area (Å²) in [4.78, 5) is 38.3. The summed E-state index contributed by atoms with van der Waals surface area (Å²) in [6, 6.07) is 3.91. The molecule has 2 atom stereocenters. The van der Waals surface area contributed by atoms with E-state index in [-0.39, 0.29) is 30.5 Å². The Balaban J connectivity index is 1.43. The van der Waals surface area contributed by atoms with E-state index in [4.69, 9.17) is 0 Å². The van der Waals surface area contributed by atoms with Crippen LogP contribution in [-0.4, -0.2) is 57.2 Å². The molecule has 10 nitrogen and oxygen atoms in total. The lowest BCUT2D eigenvalue weighted by Crippen LogP contribution is -2.41. The number of hydroxylamine groups is 2. The molecule has 0 aromatic carbocycles. The normalized spacial score (nSPS) is 18.9. The molecular formula is C24H32FN7O3. The number of anilines is 2. The molecule has 0 bridgehead atoms. The standard InChI is InChI=1S/C24H32FN7O3/c1-16-27-22(29-30-24(34)20(14-32(35)15-33)11-17-5-2-3-6-17)21(25)23(28-16)31-10-8-19(13-31)18-7-4-9-26-12-18/h4,7,9,12,15,17,19-20,35H,2-3,5-6,8,10-11,13-14H2,1H3,(H,30,34)(H,27,28,29)/t19?,20-/m0/s1. The number of amides is 2. The van der Waals surface area contributed by atoms with Gasteiger partial charge in [-0.25, -0.2) is 15.0 Å². The first-order chi connectivity index (χ1) is 16.9. The van der Waals surface area contributed by atoms with Gasteiger partial charge in [-0.05, 0) is 37.3 Å². The molecular weight excluding hydrogens is 453 g/mol. The van der Waals surface area contributed by atoms with Crippen molar-refractivity contribution in [1.29, 1.82) is 0 Å². The number of nitrogens with one attached hydrogen (secondary N) is 2. The lowest BCUT2D eigenvalue weighted by molar-refractivity contribution is -0.154. The van der Waals surface area contributed by atoms with Crippen LogP contribution in [0, 0.1) is 24.6 Å². The summed E-state index contributed by atoms with van der Waals surface area (Å²) >= 11 is 0. The number of aryl methyl sites for hydroxylation is 1. The van der Waals surface area contributed by atoms with E-state index in [1.807, 2.05) is 23.2 Å². The number of pyridine rings is 1. The van der Waals surface area contributed by atoms with Crippen LogP contribution in [0.15, 0.2) is 24.5 Å². The Bertz CT molecular complexity index is 1020. The van der Waals surface area contributed by atoms with Crippen molar-refractivity contribution in [2.45, 2.75) is 51.4 Å². The van der Waals surface area contributed by atoms with Crippen LogP contribution >= 0.6 is 0 Å². The van der Waals surface area contributed by atoms with Gasteiger partial charge in [0.2, 0.25) is 18.1 Å². The fourth-order valence-corrected chi connectivity index (χ4v) is 5.08. The molecule has 3 N–H and O–H groups in total. The molecule has 4 rings (SSSR count). The number of rotatable bonds is 10. The highest BCUT2D eigenvalue weighted by Gasteiger charge is 2.30. The van der Waals surface area contributed by atoms with Crippen molar-refractivity contribution in [2.24, 2.45) is 11.8 Å². The Labute approximate surface area is 203 Å². The molecule has 2 fully saturated rings. The van der Waals surface area contributed by atoms with Gasteiger partial charge in [0, 0.05) is 31.4 Å². The van der Waals surface area contributed by atoms with Crippen LogP contribution in [0.3, 0.4) is 0 Å². The smallest absolute Gasteiger partial charge is 0.243 e. The molecule has 2 aliphatic rings. The zero-order valence-corrected chi connectivity index (χ0v) is 19.9. The van der Waals surface area contributed by atoms with E-state index < -0.39 is 17.6 Å². The van der Waals surface area contributed by atoms with Gasteiger partial charge in [0.25, 0.3) is 0 Å². The third-order valence-corrected chi connectivity index (χ3v) is 6.89. The van der Waals surface area contributed by atoms with Crippen molar-refractivity contribution in [3.05, 3.63) is 41.7 Å². The predicted octanol–water partition coefficient (Wildman–Crippen LogP) is 2.80. The minimum atomic E-state index is -0.647. The number of aromatic nitrogens is 3. The SMILES string of the molecule is Cc1nc(NNC(=O)[C@@H](CC2CCCC2)CN(O)C=O)c(F)c(N2CCC(c3cccnc3)C2)n1. The van der Waals surface area contributed by atoms with Gasteiger partial charge in [0.05, 0.1) is 12.5 Å². The van der Waals surface area contributed by atoms with E-state index >= 15 is 4.39 Å². The Morgan fingerprint density at radius 1 is 1.34 bits per heavy atom. The molecule has 2 amide bonds. The molecule has 1 aliphatic heterocycles. The summed E-state index contributed by atoms with van der Waals surface area (Å²) in [5.74, 6) is -0.701. The van der Waals surface area contributed by atoms with E-state index in [0.717, 1.165) is 37.7 Å². The van der Waals surface area contributed by atoms with Gasteiger partial charge in [-0.1, -0.05) is 31.7 Å². The second-order valence-electron chi connectivity index (χ2n) is 9.40. The van der Waals surface area contributed by atoms with Crippen molar-refractivity contribution in [1.82, 2.24) is 25.4 Å². The van der Waals surface area contributed by atoms with E-state index in [1.54, 1.807) is 13.1 Å². The summed E-state index contributed by atoms with van der Waals surface area (Å²) in [5, 5.41) is 10.1. The molecule has 3 heterocycles. The second-order valence-corrected chi connectivity index (χ2v) is 9.40. The highest BCUT2D eigenvalue weighted by atomic mass is 19.1. The highest BCUT2D eigenvalue weighted by molar-refractivity contribution is 5.80. The van der Waals surface area contributed by atoms with Crippen LogP contribution in [0.1, 0.15) is 55.8 Å². The highest BCUT2D eigenvalue weighted by Crippen LogP contribution is 2.33. The molecule has 0 radical (unpaired) electrons. The molecule has 2 aromatic heterocycles. The fourth-order valence-electron chi connectivity index (χ4n) is 5.08. The van der Waals surface area contributed by atoms with Crippen molar-refractivity contribution in [2.75, 3.05) is 30.0 Å². The van der Waals surface area contributed by atoms with Crippen LogP contribution in [0.5, 0.6) is 0 Å². The number of hydrogen-bond donors (Lipinski definition) is 3. The number of hydrogen-bond acceptors (Lipinski definition) is 8. The summed E-state index contributed by atoms with van der Waals surface area (Å²) < 4.78 is 15.4. The van der Waals surface area contributed by atoms with E-state index in [0.29, 0.717) is 36.3 Å². The summed E-state index contributed by atoms with van der Waals surface area (Å²) in [6.45, 7) is 2.78. The minimum absolute atomic E-state index is 0.124. The largest absolute Gasteiger partial charge is 0.353 e. The topological polar surface area (TPSA) is 124 Å². The fraction of sp³-hybridized carbons (Fsp3) is 0.542. The zero-order chi connectivity index (χ0) is 24.8. The monoisotopic (exact) mass is 485 g/mol. The third kappa shape index (κ3) is 6.21. The van der Waals surface area contributed by atoms with E-state index in [9.17, 15) is 14.8 Å². The predicted molar refractivity (Wildman–Crippen MR) is 127 cm³/mol. The number of halogens is 1. The number of carbonyl (C=O) groups is 2. The number of hydrazine groups is 1. The van der Waals surface area contributed by atoms with Crippen molar-refractivity contribution in [3.63, 3.8) is 0 Å².